The predicted molar refractivity (Wildman–Crippen MR) is 83.8 cm³/mol. The van der Waals surface area contributed by atoms with Crippen LogP contribution in [0, 0.1) is 11.3 Å². The van der Waals surface area contributed by atoms with Crippen LogP contribution in [0.5, 0.6) is 5.75 Å². The lowest BCUT2D eigenvalue weighted by Crippen LogP contribution is -2.49. The number of aliphatic hydroxyl groups is 1. The predicted octanol–water partition coefficient (Wildman–Crippen LogP) is 2.16. The second-order valence-corrected chi connectivity index (χ2v) is 6.34. The van der Waals surface area contributed by atoms with Gasteiger partial charge in [0.2, 0.25) is 0 Å². The van der Waals surface area contributed by atoms with Crippen LogP contribution in [0.1, 0.15) is 47.1 Å². The lowest BCUT2D eigenvalue weighted by Gasteiger charge is -2.37. The number of ether oxygens (including phenoxy) is 1. The lowest BCUT2D eigenvalue weighted by molar-refractivity contribution is -0.0893. The maximum absolute atomic E-state index is 10.1. The van der Waals surface area contributed by atoms with Crippen molar-refractivity contribution in [3.8, 4) is 11.8 Å². The second kappa shape index (κ2) is 6.51. The number of hydrogen-bond acceptors (Lipinski definition) is 4. The Bertz CT molecular complexity index is 527. The summed E-state index contributed by atoms with van der Waals surface area (Å²) in [6.07, 6.45) is 0.0114. The van der Waals surface area contributed by atoms with Gasteiger partial charge < -0.3 is 14.5 Å². The molecule has 0 aromatic heterocycles. The van der Waals surface area contributed by atoms with Crippen LogP contribution in [0.25, 0.3) is 0 Å². The molecule has 0 aliphatic rings. The molecule has 0 fully saturated rings. The van der Waals surface area contributed by atoms with Crippen molar-refractivity contribution in [2.75, 3.05) is 0 Å². The minimum absolute atomic E-state index is 0.0114. The number of nitriles is 1. The quantitative estimate of drug-likeness (QED) is 0.815. The maximum Gasteiger partial charge on any atom is 0.330 e. The van der Waals surface area contributed by atoms with Gasteiger partial charge in [-0.05, 0) is 53.7 Å². The molecule has 0 saturated carbocycles. The van der Waals surface area contributed by atoms with Crippen LogP contribution in [0.4, 0.5) is 0 Å². The Labute approximate surface area is 128 Å². The molecule has 0 saturated heterocycles. The molecule has 1 radical (unpaired) electrons. The fourth-order valence-corrected chi connectivity index (χ4v) is 1.42. The van der Waals surface area contributed by atoms with E-state index < -0.39 is 11.2 Å². The number of benzene rings is 1. The van der Waals surface area contributed by atoms with Gasteiger partial charge in [0.05, 0.1) is 22.9 Å². The molecule has 0 bridgehead atoms. The zero-order valence-corrected chi connectivity index (χ0v) is 13.6. The molecule has 0 atom stereocenters. The third-order valence-electron chi connectivity index (χ3n) is 3.45. The van der Waals surface area contributed by atoms with Crippen LogP contribution in [0.2, 0.25) is 0 Å². The van der Waals surface area contributed by atoms with E-state index in [1.807, 2.05) is 33.8 Å². The van der Waals surface area contributed by atoms with E-state index >= 15 is 0 Å². The van der Waals surface area contributed by atoms with Gasteiger partial charge in [0.25, 0.3) is 0 Å². The normalized spacial score (nSPS) is 12.1. The molecule has 0 aliphatic carbocycles. The fourth-order valence-electron chi connectivity index (χ4n) is 1.42. The Balaban J connectivity index is 2.85. The monoisotopic (exact) mass is 288 g/mol. The molecule has 1 N–H and O–H groups in total. The summed E-state index contributed by atoms with van der Waals surface area (Å²) in [5.41, 5.74) is -0.517. The highest BCUT2D eigenvalue weighted by Crippen LogP contribution is 2.24. The van der Waals surface area contributed by atoms with Crippen molar-refractivity contribution >= 4 is 12.9 Å². The van der Waals surface area contributed by atoms with Crippen molar-refractivity contribution in [1.29, 1.82) is 5.26 Å². The van der Waals surface area contributed by atoms with E-state index in [4.69, 9.17) is 9.39 Å². The topological polar surface area (TPSA) is 62.5 Å². The molecule has 21 heavy (non-hydrogen) atoms. The molecule has 0 heterocycles. The molecular formula is C16H23BNO3. The SMILES string of the molecule is CC(C)Oc1ccc([B]OC(C)(C)C(C)(C)O)cc1C#N. The Morgan fingerprint density at radius 3 is 2.33 bits per heavy atom. The second-order valence-electron chi connectivity index (χ2n) is 6.34. The van der Waals surface area contributed by atoms with Gasteiger partial charge in [-0.1, -0.05) is 11.5 Å². The first-order valence-corrected chi connectivity index (χ1v) is 7.01. The molecule has 0 unspecified atom stereocenters. The van der Waals surface area contributed by atoms with E-state index in [1.165, 1.54) is 0 Å². The van der Waals surface area contributed by atoms with E-state index in [2.05, 4.69) is 6.07 Å². The summed E-state index contributed by atoms with van der Waals surface area (Å²) in [6, 6.07) is 7.40. The number of rotatable bonds is 6. The van der Waals surface area contributed by atoms with Crippen molar-refractivity contribution in [3.05, 3.63) is 23.8 Å². The van der Waals surface area contributed by atoms with E-state index in [9.17, 15) is 10.4 Å². The van der Waals surface area contributed by atoms with E-state index in [-0.39, 0.29) is 6.10 Å². The van der Waals surface area contributed by atoms with Crippen LogP contribution >= 0.6 is 0 Å². The largest absolute Gasteiger partial charge is 0.490 e. The van der Waals surface area contributed by atoms with Gasteiger partial charge >= 0.3 is 7.48 Å². The van der Waals surface area contributed by atoms with Crippen LogP contribution in [-0.2, 0) is 4.65 Å². The fraction of sp³-hybridized carbons (Fsp3) is 0.562. The third kappa shape index (κ3) is 4.77. The first kappa shape index (κ1) is 17.5. The summed E-state index contributed by atoms with van der Waals surface area (Å²) in [4.78, 5) is 0. The van der Waals surface area contributed by atoms with Crippen LogP contribution in [0.3, 0.4) is 0 Å². The number of hydrogen-bond donors (Lipinski definition) is 1. The van der Waals surface area contributed by atoms with Crippen LogP contribution in [-0.4, -0.2) is 29.9 Å². The van der Waals surface area contributed by atoms with E-state index in [0.29, 0.717) is 11.3 Å². The summed E-state index contributed by atoms with van der Waals surface area (Å²) >= 11 is 0. The zero-order chi connectivity index (χ0) is 16.3. The molecule has 113 valence electrons. The van der Waals surface area contributed by atoms with Gasteiger partial charge in [0.1, 0.15) is 11.8 Å². The highest BCUT2D eigenvalue weighted by Gasteiger charge is 2.35. The smallest absolute Gasteiger partial charge is 0.330 e. The summed E-state index contributed by atoms with van der Waals surface area (Å²) in [6.45, 7) is 10.8. The van der Waals surface area contributed by atoms with Gasteiger partial charge in [-0.3, -0.25) is 0 Å². The first-order chi connectivity index (χ1) is 9.56. The van der Waals surface area contributed by atoms with Crippen molar-refractivity contribution in [1.82, 2.24) is 0 Å². The lowest BCUT2D eigenvalue weighted by atomic mass is 9.82. The average molecular weight is 288 g/mol. The Morgan fingerprint density at radius 1 is 1.24 bits per heavy atom. The van der Waals surface area contributed by atoms with E-state index in [0.717, 1.165) is 5.46 Å². The molecule has 1 aromatic rings. The average Bonchev–Trinajstić information content (AvgIpc) is 2.35. The molecule has 0 spiro atoms. The van der Waals surface area contributed by atoms with Crippen molar-refractivity contribution in [3.63, 3.8) is 0 Å². The van der Waals surface area contributed by atoms with E-state index in [1.54, 1.807) is 33.5 Å². The zero-order valence-electron chi connectivity index (χ0n) is 13.6. The van der Waals surface area contributed by atoms with Gasteiger partial charge in [-0.2, -0.15) is 5.26 Å². The molecule has 1 aromatic carbocycles. The maximum atomic E-state index is 10.1. The van der Waals surface area contributed by atoms with Gasteiger partial charge in [-0.15, -0.1) is 0 Å². The van der Waals surface area contributed by atoms with Crippen molar-refractivity contribution in [2.45, 2.75) is 58.8 Å². The highest BCUT2D eigenvalue weighted by atomic mass is 16.5. The minimum atomic E-state index is -0.984. The third-order valence-corrected chi connectivity index (χ3v) is 3.45. The van der Waals surface area contributed by atoms with Crippen molar-refractivity contribution in [2.24, 2.45) is 0 Å². The first-order valence-electron chi connectivity index (χ1n) is 7.01. The molecule has 5 heteroatoms. The molecule has 1 rings (SSSR count). The molecular weight excluding hydrogens is 265 g/mol. The van der Waals surface area contributed by atoms with Gasteiger partial charge in [-0.25, -0.2) is 0 Å². The van der Waals surface area contributed by atoms with Gasteiger partial charge in [0, 0.05) is 0 Å². The standard InChI is InChI=1S/C16H23BNO3/c1-11(2)20-14-8-7-13(9-12(14)10-18)17-21-16(5,6)15(3,4)19/h7-9,11,19H,1-6H3. The summed E-state index contributed by atoms with van der Waals surface area (Å²) in [5.74, 6) is 0.561. The summed E-state index contributed by atoms with van der Waals surface area (Å²) in [7, 11) is 1.55. The summed E-state index contributed by atoms with van der Waals surface area (Å²) in [5, 5.41) is 19.2. The molecule has 4 nitrogen and oxygen atoms in total. The van der Waals surface area contributed by atoms with Crippen LogP contribution in [0.15, 0.2) is 18.2 Å². The summed E-state index contributed by atoms with van der Waals surface area (Å²) < 4.78 is 11.2. The Morgan fingerprint density at radius 2 is 1.86 bits per heavy atom. The highest BCUT2D eigenvalue weighted by molar-refractivity contribution is 6.47. The molecule has 0 amide bonds. The van der Waals surface area contributed by atoms with Crippen LogP contribution < -0.4 is 10.2 Å². The molecule has 0 aliphatic heterocycles. The van der Waals surface area contributed by atoms with Gasteiger partial charge in [0.15, 0.2) is 0 Å². The van der Waals surface area contributed by atoms with Crippen molar-refractivity contribution < 1.29 is 14.5 Å². The minimum Gasteiger partial charge on any atom is -0.490 e. The Hall–Kier alpha value is -1.51. The number of nitrogens with zero attached hydrogens (tertiary/aromatic N) is 1. The Kier molecular flexibility index (Phi) is 5.44.